The summed E-state index contributed by atoms with van der Waals surface area (Å²) in [5.74, 6) is -0.839. The number of carbonyl (C=O) groups is 1. The van der Waals surface area contributed by atoms with Crippen LogP contribution in [0.3, 0.4) is 0 Å². The van der Waals surface area contributed by atoms with Crippen molar-refractivity contribution in [1.29, 1.82) is 0 Å². The second kappa shape index (κ2) is 9.82. The molecule has 0 unspecified atom stereocenters. The number of tetrazole rings is 1. The molecule has 2 N–H and O–H groups in total. The van der Waals surface area contributed by atoms with Gasteiger partial charge in [-0.05, 0) is 65.7 Å². The minimum atomic E-state index is -1.01. The van der Waals surface area contributed by atoms with Gasteiger partial charge >= 0.3 is 5.97 Å². The van der Waals surface area contributed by atoms with Crippen molar-refractivity contribution in [3.05, 3.63) is 125 Å². The zero-order valence-electron chi connectivity index (χ0n) is 20.9. The Kier molecular flexibility index (Phi) is 6.04. The Bertz CT molecular complexity index is 1800. The van der Waals surface area contributed by atoms with Gasteiger partial charge in [0.05, 0.1) is 22.3 Å². The lowest BCUT2D eigenvalue weighted by Crippen LogP contribution is -2.34. The maximum atomic E-state index is 13.6. The Labute approximate surface area is 222 Å². The number of aryl methyl sites for hydroxylation is 1. The molecule has 0 fully saturated rings. The first-order chi connectivity index (χ1) is 19.0. The summed E-state index contributed by atoms with van der Waals surface area (Å²) in [5, 5.41) is 34.5. The Morgan fingerprint density at radius 3 is 2.67 bits per heavy atom. The average molecular weight is 518 g/mol. The van der Waals surface area contributed by atoms with Crippen LogP contribution >= 0.6 is 0 Å². The van der Waals surface area contributed by atoms with Gasteiger partial charge in [-0.3, -0.25) is 0 Å². The lowest BCUT2D eigenvalue weighted by atomic mass is 9.94. The SMILES string of the molecule is Cc1ccc(-n2cnnn2)c(-c2ccc([C@H](Cc3ccccc3)c3nc4ccc(C(=O)O)cc4[nH]3)[n+]([O-])c2)c1. The van der Waals surface area contributed by atoms with Crippen LogP contribution in [0.5, 0.6) is 0 Å². The summed E-state index contributed by atoms with van der Waals surface area (Å²) in [6, 6.07) is 24.2. The molecule has 1 atom stereocenters. The van der Waals surface area contributed by atoms with Crippen molar-refractivity contribution in [3.8, 4) is 16.8 Å². The number of hydrogen-bond donors (Lipinski definition) is 2. The van der Waals surface area contributed by atoms with Gasteiger partial charge in [0.15, 0.2) is 6.20 Å². The van der Waals surface area contributed by atoms with Gasteiger partial charge in [0.2, 0.25) is 5.69 Å². The molecule has 0 bridgehead atoms. The molecule has 0 saturated heterocycles. The minimum Gasteiger partial charge on any atom is -0.618 e. The van der Waals surface area contributed by atoms with Gasteiger partial charge < -0.3 is 15.3 Å². The second-order valence-electron chi connectivity index (χ2n) is 9.34. The van der Waals surface area contributed by atoms with Gasteiger partial charge in [-0.2, -0.15) is 9.41 Å². The molecule has 0 aliphatic carbocycles. The molecule has 10 heteroatoms. The highest BCUT2D eigenvalue weighted by Gasteiger charge is 2.27. The number of rotatable bonds is 7. The lowest BCUT2D eigenvalue weighted by molar-refractivity contribution is -0.614. The van der Waals surface area contributed by atoms with Gasteiger partial charge in [0.25, 0.3) is 0 Å². The second-order valence-corrected chi connectivity index (χ2v) is 9.34. The van der Waals surface area contributed by atoms with E-state index in [1.165, 1.54) is 12.4 Å². The summed E-state index contributed by atoms with van der Waals surface area (Å²) in [7, 11) is 0. The highest BCUT2D eigenvalue weighted by molar-refractivity contribution is 5.92. The van der Waals surface area contributed by atoms with Crippen molar-refractivity contribution in [3.63, 3.8) is 0 Å². The molecule has 6 aromatic rings. The molecule has 0 spiro atoms. The molecule has 3 heterocycles. The summed E-state index contributed by atoms with van der Waals surface area (Å²) in [4.78, 5) is 19.5. The van der Waals surface area contributed by atoms with E-state index in [9.17, 15) is 15.1 Å². The molecule has 0 radical (unpaired) electrons. The molecule has 3 aromatic carbocycles. The van der Waals surface area contributed by atoms with Crippen molar-refractivity contribution in [2.75, 3.05) is 0 Å². The number of hydrogen-bond acceptors (Lipinski definition) is 6. The highest BCUT2D eigenvalue weighted by atomic mass is 16.5. The number of aromatic carboxylic acids is 1. The third kappa shape index (κ3) is 4.71. The van der Waals surface area contributed by atoms with Crippen LogP contribution in [-0.2, 0) is 6.42 Å². The van der Waals surface area contributed by atoms with E-state index in [2.05, 4.69) is 20.5 Å². The first kappa shape index (κ1) is 24.0. The van der Waals surface area contributed by atoms with E-state index in [0.29, 0.717) is 29.0 Å². The van der Waals surface area contributed by atoms with Crippen LogP contribution in [0.4, 0.5) is 0 Å². The number of aromatic nitrogens is 7. The van der Waals surface area contributed by atoms with E-state index in [-0.39, 0.29) is 5.56 Å². The van der Waals surface area contributed by atoms with Crippen molar-refractivity contribution < 1.29 is 14.6 Å². The number of imidazole rings is 1. The number of benzene rings is 3. The number of carboxylic acid groups (broad SMARTS) is 1. The van der Waals surface area contributed by atoms with Crippen LogP contribution in [0, 0.1) is 12.1 Å². The van der Waals surface area contributed by atoms with E-state index in [1.807, 2.05) is 67.6 Å². The largest absolute Gasteiger partial charge is 0.618 e. The molecule has 39 heavy (non-hydrogen) atoms. The molecule has 0 aliphatic heterocycles. The molecule has 0 saturated carbocycles. The van der Waals surface area contributed by atoms with Crippen molar-refractivity contribution in [1.82, 2.24) is 30.2 Å². The van der Waals surface area contributed by atoms with Crippen LogP contribution in [0.2, 0.25) is 0 Å². The summed E-state index contributed by atoms with van der Waals surface area (Å²) in [5.41, 5.74) is 6.28. The third-order valence-electron chi connectivity index (χ3n) is 6.72. The van der Waals surface area contributed by atoms with Crippen molar-refractivity contribution in [2.45, 2.75) is 19.3 Å². The maximum absolute atomic E-state index is 13.6. The topological polar surface area (TPSA) is 137 Å². The quantitative estimate of drug-likeness (QED) is 0.239. The van der Waals surface area contributed by atoms with Gasteiger partial charge in [0.1, 0.15) is 18.1 Å². The lowest BCUT2D eigenvalue weighted by Gasteiger charge is -2.16. The molecule has 192 valence electrons. The molecule has 6 rings (SSSR count). The number of aromatic amines is 1. The van der Waals surface area contributed by atoms with Crippen LogP contribution in [-0.4, -0.2) is 41.3 Å². The van der Waals surface area contributed by atoms with E-state index >= 15 is 0 Å². The number of nitrogens with one attached hydrogen (secondary N) is 1. The summed E-state index contributed by atoms with van der Waals surface area (Å²) in [6.45, 7) is 1.99. The molecule has 0 amide bonds. The highest BCUT2D eigenvalue weighted by Crippen LogP contribution is 2.30. The van der Waals surface area contributed by atoms with E-state index in [0.717, 1.165) is 32.7 Å². The van der Waals surface area contributed by atoms with E-state index < -0.39 is 11.9 Å². The average Bonchev–Trinajstić information content (AvgIpc) is 3.62. The Morgan fingerprint density at radius 2 is 1.92 bits per heavy atom. The van der Waals surface area contributed by atoms with Crippen LogP contribution in [0.1, 0.15) is 38.9 Å². The molecular weight excluding hydrogens is 494 g/mol. The minimum absolute atomic E-state index is 0.164. The van der Waals surface area contributed by atoms with Gasteiger partial charge in [-0.25, -0.2) is 9.78 Å². The van der Waals surface area contributed by atoms with Crippen LogP contribution < -0.4 is 4.73 Å². The predicted octanol–water partition coefficient (Wildman–Crippen LogP) is 4.22. The third-order valence-corrected chi connectivity index (χ3v) is 6.72. The summed E-state index contributed by atoms with van der Waals surface area (Å²) in [6.07, 6.45) is 3.59. The number of carboxylic acids is 1. The van der Waals surface area contributed by atoms with Gasteiger partial charge in [-0.1, -0.05) is 42.0 Å². The van der Waals surface area contributed by atoms with Crippen molar-refractivity contribution >= 4 is 17.0 Å². The summed E-state index contributed by atoms with van der Waals surface area (Å²) < 4.78 is 2.44. The van der Waals surface area contributed by atoms with Crippen LogP contribution in [0.15, 0.2) is 91.4 Å². The summed E-state index contributed by atoms with van der Waals surface area (Å²) >= 11 is 0. The number of H-pyrrole nitrogens is 1. The fourth-order valence-corrected chi connectivity index (χ4v) is 4.79. The first-order valence-electron chi connectivity index (χ1n) is 12.3. The van der Waals surface area contributed by atoms with Crippen LogP contribution in [0.25, 0.3) is 27.8 Å². The first-order valence-corrected chi connectivity index (χ1v) is 12.3. The zero-order valence-corrected chi connectivity index (χ0v) is 20.9. The van der Waals surface area contributed by atoms with Crippen molar-refractivity contribution in [2.24, 2.45) is 0 Å². The Morgan fingerprint density at radius 1 is 1.08 bits per heavy atom. The van der Waals surface area contributed by atoms with E-state index in [1.54, 1.807) is 23.0 Å². The predicted molar refractivity (Wildman–Crippen MR) is 143 cm³/mol. The van der Waals surface area contributed by atoms with Gasteiger partial charge in [-0.15, -0.1) is 5.10 Å². The van der Waals surface area contributed by atoms with E-state index in [4.69, 9.17) is 4.98 Å². The molecule has 0 aliphatic rings. The zero-order chi connectivity index (χ0) is 26.9. The number of fused-ring (bicyclic) bond motifs is 1. The Balaban J connectivity index is 1.45. The maximum Gasteiger partial charge on any atom is 0.335 e. The molecular formula is C29H23N7O3. The number of nitrogens with zero attached hydrogens (tertiary/aromatic N) is 6. The fraction of sp³-hybridized carbons (Fsp3) is 0.103. The monoisotopic (exact) mass is 517 g/mol. The van der Waals surface area contributed by atoms with Gasteiger partial charge in [0, 0.05) is 17.2 Å². The normalized spacial score (nSPS) is 12.0. The smallest absolute Gasteiger partial charge is 0.335 e. The molecule has 3 aromatic heterocycles. The standard InChI is InChI=1S/C29H23N7O3/c1-18-7-11-26(35-17-30-33-34-35)22(13-18)21-9-12-27(36(39)16-21)23(14-19-5-3-2-4-6-19)28-31-24-10-8-20(29(37)38)15-25(24)32-28/h2-13,15-17,23H,14H2,1H3,(H,31,32)(H,37,38)/t23-/m0/s1. The molecule has 10 nitrogen and oxygen atoms in total. The fourth-order valence-electron chi connectivity index (χ4n) is 4.79. The Hall–Kier alpha value is -5.38. The number of pyridine rings is 1.